The van der Waals surface area contributed by atoms with Crippen LogP contribution in [0.25, 0.3) is 0 Å². The zero-order chi connectivity index (χ0) is 18.5. The number of ether oxygens (including phenoxy) is 2. The lowest BCUT2D eigenvalue weighted by molar-refractivity contribution is -0.165. The smallest absolute Gasteiger partial charge is 0.340 e. The minimum Gasteiger partial charge on any atom is -0.462 e. The summed E-state index contributed by atoms with van der Waals surface area (Å²) in [6.45, 7) is 7.60. The Labute approximate surface area is 146 Å². The molecule has 0 unspecified atom stereocenters. The van der Waals surface area contributed by atoms with Gasteiger partial charge >= 0.3 is 11.9 Å². The molecule has 0 aromatic heterocycles. The molecule has 1 aromatic rings. The number of benzene rings is 1. The number of nitrogens with one attached hydrogen (secondary N) is 1. The molecule has 2 bridgehead atoms. The Morgan fingerprint density at radius 1 is 1.20 bits per heavy atom. The summed E-state index contributed by atoms with van der Waals surface area (Å²) in [6.07, 6.45) is 1.07. The molecule has 3 rings (SSSR count). The topological polar surface area (TPSA) is 81.7 Å². The Hall–Kier alpha value is -2.37. The molecule has 0 spiro atoms. The zero-order valence-corrected chi connectivity index (χ0v) is 15.0. The zero-order valence-electron chi connectivity index (χ0n) is 15.0. The number of rotatable bonds is 4. The predicted molar refractivity (Wildman–Crippen MR) is 91.0 cm³/mol. The van der Waals surface area contributed by atoms with Crippen molar-refractivity contribution in [3.05, 3.63) is 29.8 Å². The van der Waals surface area contributed by atoms with E-state index in [1.165, 1.54) is 0 Å². The van der Waals surface area contributed by atoms with Gasteiger partial charge in [-0.15, -0.1) is 0 Å². The maximum Gasteiger partial charge on any atom is 0.340 e. The van der Waals surface area contributed by atoms with Crippen LogP contribution in [0, 0.1) is 10.8 Å². The molecule has 1 aliphatic heterocycles. The number of anilines is 1. The SMILES string of the molecule is CCOC(=O)c1ccccc1NC(=O)[C@]12CC[C@@](C)(C(=O)O1)C2(C)C. The van der Waals surface area contributed by atoms with E-state index in [1.807, 2.05) is 20.8 Å². The fraction of sp³-hybridized carbons (Fsp3) is 0.526. The van der Waals surface area contributed by atoms with Crippen molar-refractivity contribution in [3.8, 4) is 0 Å². The van der Waals surface area contributed by atoms with Crippen LogP contribution < -0.4 is 5.32 Å². The predicted octanol–water partition coefficient (Wildman–Crippen LogP) is 2.92. The summed E-state index contributed by atoms with van der Waals surface area (Å²) in [5.74, 6) is -1.24. The van der Waals surface area contributed by atoms with E-state index in [4.69, 9.17) is 9.47 Å². The van der Waals surface area contributed by atoms with Gasteiger partial charge in [-0.2, -0.15) is 0 Å². The van der Waals surface area contributed by atoms with E-state index in [0.717, 1.165) is 0 Å². The number of hydrogen-bond acceptors (Lipinski definition) is 5. The highest BCUT2D eigenvalue weighted by Crippen LogP contribution is 2.65. The molecule has 2 atom stereocenters. The molecule has 0 radical (unpaired) electrons. The van der Waals surface area contributed by atoms with Crippen molar-refractivity contribution in [1.29, 1.82) is 0 Å². The van der Waals surface area contributed by atoms with Gasteiger partial charge in [0.25, 0.3) is 5.91 Å². The molecular weight excluding hydrogens is 322 g/mol. The van der Waals surface area contributed by atoms with E-state index >= 15 is 0 Å². The maximum atomic E-state index is 13.1. The van der Waals surface area contributed by atoms with Crippen molar-refractivity contribution < 1.29 is 23.9 Å². The van der Waals surface area contributed by atoms with Gasteiger partial charge in [0.05, 0.1) is 23.3 Å². The Bertz CT molecular complexity index is 756. The third-order valence-corrected chi connectivity index (χ3v) is 6.12. The molecule has 25 heavy (non-hydrogen) atoms. The average molecular weight is 345 g/mol. The molecule has 6 heteroatoms. The minimum absolute atomic E-state index is 0.244. The molecule has 1 heterocycles. The van der Waals surface area contributed by atoms with Crippen LogP contribution in [0.15, 0.2) is 24.3 Å². The third-order valence-electron chi connectivity index (χ3n) is 6.12. The number of hydrogen-bond donors (Lipinski definition) is 1. The fourth-order valence-electron chi connectivity index (χ4n) is 3.95. The fourth-order valence-corrected chi connectivity index (χ4v) is 3.95. The molecular formula is C19H23NO5. The minimum atomic E-state index is -1.22. The van der Waals surface area contributed by atoms with E-state index < -0.39 is 28.3 Å². The third kappa shape index (κ3) is 2.19. The first-order valence-corrected chi connectivity index (χ1v) is 8.50. The number of esters is 2. The van der Waals surface area contributed by atoms with E-state index in [2.05, 4.69) is 5.32 Å². The number of para-hydroxylation sites is 1. The first-order valence-electron chi connectivity index (χ1n) is 8.50. The van der Waals surface area contributed by atoms with Crippen LogP contribution in [-0.2, 0) is 19.1 Å². The van der Waals surface area contributed by atoms with Gasteiger partial charge in [0.15, 0.2) is 5.60 Å². The number of carbonyl (C=O) groups excluding carboxylic acids is 3. The van der Waals surface area contributed by atoms with Crippen LogP contribution in [0.3, 0.4) is 0 Å². The van der Waals surface area contributed by atoms with Gasteiger partial charge in [0, 0.05) is 5.41 Å². The molecule has 2 fully saturated rings. The van der Waals surface area contributed by atoms with Crippen molar-refractivity contribution in [3.63, 3.8) is 0 Å². The van der Waals surface area contributed by atoms with Crippen molar-refractivity contribution in [1.82, 2.24) is 0 Å². The standard InChI is InChI=1S/C19H23NO5/c1-5-24-14(21)12-8-6-7-9-13(12)20-15(22)19-11-10-18(4,16(23)25-19)17(19,2)3/h6-9H,5,10-11H2,1-4H3,(H,20,22)/t18-,19-/m0/s1. The monoisotopic (exact) mass is 345 g/mol. The summed E-state index contributed by atoms with van der Waals surface area (Å²) in [4.78, 5) is 37.5. The molecule has 1 saturated carbocycles. The van der Waals surface area contributed by atoms with Gasteiger partial charge in [0.2, 0.25) is 0 Å². The van der Waals surface area contributed by atoms with Crippen molar-refractivity contribution in [2.24, 2.45) is 10.8 Å². The molecule has 1 N–H and O–H groups in total. The van der Waals surface area contributed by atoms with Crippen LogP contribution in [0.5, 0.6) is 0 Å². The highest BCUT2D eigenvalue weighted by Gasteiger charge is 2.75. The molecule has 1 aliphatic carbocycles. The summed E-state index contributed by atoms with van der Waals surface area (Å²) in [5.41, 5.74) is -1.91. The van der Waals surface area contributed by atoms with Gasteiger partial charge < -0.3 is 14.8 Å². The first-order chi connectivity index (χ1) is 11.7. The first kappa shape index (κ1) is 17.5. The van der Waals surface area contributed by atoms with Gasteiger partial charge in [-0.25, -0.2) is 4.79 Å². The Morgan fingerprint density at radius 3 is 2.44 bits per heavy atom. The second-order valence-electron chi connectivity index (χ2n) is 7.39. The normalized spacial score (nSPS) is 29.2. The summed E-state index contributed by atoms with van der Waals surface area (Å²) < 4.78 is 10.6. The average Bonchev–Trinajstić information content (AvgIpc) is 2.86. The highest BCUT2D eigenvalue weighted by molar-refractivity contribution is 6.06. The van der Waals surface area contributed by atoms with E-state index in [0.29, 0.717) is 18.5 Å². The quantitative estimate of drug-likeness (QED) is 0.849. The summed E-state index contributed by atoms with van der Waals surface area (Å²) in [6, 6.07) is 6.65. The Morgan fingerprint density at radius 2 is 1.88 bits per heavy atom. The van der Waals surface area contributed by atoms with Crippen LogP contribution in [-0.4, -0.2) is 30.1 Å². The largest absolute Gasteiger partial charge is 0.462 e. The lowest BCUT2D eigenvalue weighted by Crippen LogP contribution is -2.50. The number of amides is 1. The van der Waals surface area contributed by atoms with Crippen LogP contribution in [0.4, 0.5) is 5.69 Å². The van der Waals surface area contributed by atoms with Gasteiger partial charge in [-0.05, 0) is 38.8 Å². The lowest BCUT2D eigenvalue weighted by atomic mass is 9.66. The second kappa shape index (κ2) is 5.58. The summed E-state index contributed by atoms with van der Waals surface area (Å²) in [5, 5.41) is 2.79. The van der Waals surface area contributed by atoms with Crippen LogP contribution in [0.1, 0.15) is 50.9 Å². The second-order valence-corrected chi connectivity index (χ2v) is 7.39. The summed E-state index contributed by atoms with van der Waals surface area (Å²) in [7, 11) is 0. The van der Waals surface area contributed by atoms with Crippen LogP contribution in [0.2, 0.25) is 0 Å². The molecule has 1 saturated heterocycles. The molecule has 2 aliphatic rings. The van der Waals surface area contributed by atoms with Gasteiger partial charge in [-0.1, -0.05) is 26.0 Å². The van der Waals surface area contributed by atoms with Gasteiger partial charge in [0.1, 0.15) is 0 Å². The van der Waals surface area contributed by atoms with E-state index in [9.17, 15) is 14.4 Å². The van der Waals surface area contributed by atoms with Crippen molar-refractivity contribution in [2.45, 2.75) is 46.1 Å². The van der Waals surface area contributed by atoms with Crippen LogP contribution >= 0.6 is 0 Å². The summed E-state index contributed by atoms with van der Waals surface area (Å²) >= 11 is 0. The Kier molecular flexibility index (Phi) is 3.89. The maximum absolute atomic E-state index is 13.1. The van der Waals surface area contributed by atoms with Crippen molar-refractivity contribution in [2.75, 3.05) is 11.9 Å². The van der Waals surface area contributed by atoms with E-state index in [1.54, 1.807) is 31.2 Å². The number of carbonyl (C=O) groups is 3. The number of fused-ring (bicyclic) bond motifs is 2. The molecule has 6 nitrogen and oxygen atoms in total. The van der Waals surface area contributed by atoms with Crippen molar-refractivity contribution >= 4 is 23.5 Å². The molecule has 134 valence electrons. The van der Waals surface area contributed by atoms with Gasteiger partial charge in [-0.3, -0.25) is 9.59 Å². The Balaban J connectivity index is 1.92. The highest BCUT2D eigenvalue weighted by atomic mass is 16.6. The lowest BCUT2D eigenvalue weighted by Gasteiger charge is -2.35. The molecule has 1 amide bonds. The van der Waals surface area contributed by atoms with E-state index in [-0.39, 0.29) is 18.1 Å². The molecule has 1 aromatic carbocycles.